The van der Waals surface area contributed by atoms with Crippen LogP contribution in [0, 0.1) is 0 Å². The van der Waals surface area contributed by atoms with E-state index in [1.807, 2.05) is 18.2 Å². The summed E-state index contributed by atoms with van der Waals surface area (Å²) in [7, 11) is 0. The molecule has 158 valence electrons. The Morgan fingerprint density at radius 3 is 2.93 bits per heavy atom. The lowest BCUT2D eigenvalue weighted by Gasteiger charge is -2.08. The highest BCUT2D eigenvalue weighted by atomic mass is 16.5. The summed E-state index contributed by atoms with van der Waals surface area (Å²) in [6.45, 7) is 2.12. The summed E-state index contributed by atoms with van der Waals surface area (Å²) in [4.78, 5) is 28.2. The Hall–Kier alpha value is -3.27. The van der Waals surface area contributed by atoms with Crippen LogP contribution in [0.1, 0.15) is 43.4 Å². The summed E-state index contributed by atoms with van der Waals surface area (Å²) < 4.78 is 5.24. The van der Waals surface area contributed by atoms with Crippen molar-refractivity contribution in [2.24, 2.45) is 0 Å². The van der Waals surface area contributed by atoms with E-state index < -0.39 is 0 Å². The summed E-state index contributed by atoms with van der Waals surface area (Å²) in [5, 5.41) is 21.3. The van der Waals surface area contributed by atoms with Crippen LogP contribution in [0.4, 0.5) is 5.82 Å². The van der Waals surface area contributed by atoms with E-state index in [0.29, 0.717) is 48.9 Å². The molecular formula is C20H25N7O3. The fraction of sp³-hybridized carbons (Fsp3) is 0.450. The van der Waals surface area contributed by atoms with E-state index >= 15 is 0 Å². The third-order valence-corrected chi connectivity index (χ3v) is 5.09. The summed E-state index contributed by atoms with van der Waals surface area (Å²) in [6.07, 6.45) is 3.58. The number of hydrogen-bond donors (Lipinski definition) is 4. The second-order valence-corrected chi connectivity index (χ2v) is 7.27. The number of H-pyrrole nitrogens is 1. The molecule has 10 nitrogen and oxygen atoms in total. The van der Waals surface area contributed by atoms with Crippen LogP contribution in [0.25, 0.3) is 10.8 Å². The zero-order valence-corrected chi connectivity index (χ0v) is 16.6. The number of nitrogens with one attached hydrogen (secondary N) is 4. The number of amides is 1. The van der Waals surface area contributed by atoms with Gasteiger partial charge < -0.3 is 20.5 Å². The smallest absolute Gasteiger partial charge is 0.272 e. The van der Waals surface area contributed by atoms with Crippen molar-refractivity contribution in [1.82, 2.24) is 31.0 Å². The quantitative estimate of drug-likeness (QED) is 0.386. The zero-order chi connectivity index (χ0) is 20.8. The van der Waals surface area contributed by atoms with E-state index in [2.05, 4.69) is 36.3 Å². The molecule has 30 heavy (non-hydrogen) atoms. The molecule has 4 rings (SSSR count). The monoisotopic (exact) mass is 411 g/mol. The normalized spacial score (nSPS) is 16.1. The Bertz CT molecular complexity index is 1060. The van der Waals surface area contributed by atoms with Crippen LogP contribution in [0.2, 0.25) is 0 Å². The maximum absolute atomic E-state index is 12.0. The lowest BCUT2D eigenvalue weighted by Crippen LogP contribution is -2.26. The van der Waals surface area contributed by atoms with E-state index in [0.717, 1.165) is 31.2 Å². The van der Waals surface area contributed by atoms with Gasteiger partial charge in [-0.1, -0.05) is 23.4 Å². The van der Waals surface area contributed by atoms with Gasteiger partial charge in [0.2, 0.25) is 11.8 Å². The highest BCUT2D eigenvalue weighted by Crippen LogP contribution is 2.20. The molecule has 1 aliphatic heterocycles. The van der Waals surface area contributed by atoms with E-state index in [1.54, 1.807) is 6.07 Å². The van der Waals surface area contributed by atoms with Crippen molar-refractivity contribution in [3.63, 3.8) is 0 Å². The molecule has 10 heteroatoms. The molecule has 3 heterocycles. The molecule has 0 aliphatic carbocycles. The summed E-state index contributed by atoms with van der Waals surface area (Å²) in [5.74, 6) is 1.74. The Morgan fingerprint density at radius 2 is 2.10 bits per heavy atom. The number of benzene rings is 1. The van der Waals surface area contributed by atoms with Gasteiger partial charge in [0, 0.05) is 31.3 Å². The first-order valence-corrected chi connectivity index (χ1v) is 10.2. The van der Waals surface area contributed by atoms with Crippen LogP contribution in [-0.4, -0.2) is 45.9 Å². The van der Waals surface area contributed by atoms with Crippen molar-refractivity contribution in [3.05, 3.63) is 46.3 Å². The van der Waals surface area contributed by atoms with Crippen molar-refractivity contribution in [1.29, 1.82) is 0 Å². The van der Waals surface area contributed by atoms with Gasteiger partial charge in [0.15, 0.2) is 11.6 Å². The number of anilines is 1. The van der Waals surface area contributed by atoms with E-state index in [1.165, 1.54) is 0 Å². The number of carbonyl (C=O) groups is 1. The molecule has 1 aliphatic rings. The van der Waals surface area contributed by atoms with Gasteiger partial charge in [0.25, 0.3) is 5.56 Å². The molecule has 0 spiro atoms. The Balaban J connectivity index is 1.16. The minimum atomic E-state index is -0.212. The molecule has 1 amide bonds. The van der Waals surface area contributed by atoms with Crippen LogP contribution in [0.15, 0.2) is 33.6 Å². The third kappa shape index (κ3) is 4.82. The van der Waals surface area contributed by atoms with Gasteiger partial charge in [-0.25, -0.2) is 5.10 Å². The predicted molar refractivity (Wildman–Crippen MR) is 111 cm³/mol. The van der Waals surface area contributed by atoms with E-state index in [-0.39, 0.29) is 17.5 Å². The van der Waals surface area contributed by atoms with Crippen LogP contribution in [0.3, 0.4) is 0 Å². The Morgan fingerprint density at radius 1 is 1.23 bits per heavy atom. The molecule has 1 unspecified atom stereocenters. The average molecular weight is 411 g/mol. The first-order chi connectivity index (χ1) is 14.7. The molecule has 0 bridgehead atoms. The fourth-order valence-electron chi connectivity index (χ4n) is 3.50. The highest BCUT2D eigenvalue weighted by Gasteiger charge is 2.21. The highest BCUT2D eigenvalue weighted by molar-refractivity contribution is 5.90. The first kappa shape index (κ1) is 20.0. The number of hydrogen-bond acceptors (Lipinski definition) is 8. The molecule has 1 fully saturated rings. The molecule has 2 aromatic heterocycles. The number of nitrogens with zero attached hydrogens (tertiary/aromatic N) is 3. The van der Waals surface area contributed by atoms with Gasteiger partial charge >= 0.3 is 0 Å². The van der Waals surface area contributed by atoms with Gasteiger partial charge in [0.05, 0.1) is 11.4 Å². The topological polar surface area (TPSA) is 138 Å². The van der Waals surface area contributed by atoms with Gasteiger partial charge in [0.1, 0.15) is 0 Å². The second kappa shape index (κ2) is 9.49. The molecule has 1 atom stereocenters. The number of rotatable bonds is 9. The largest absolute Gasteiger partial charge is 0.368 e. The molecule has 0 radical (unpaired) electrons. The summed E-state index contributed by atoms with van der Waals surface area (Å²) >= 11 is 0. The third-order valence-electron chi connectivity index (χ3n) is 5.09. The number of aryl methyl sites for hydroxylation is 1. The van der Waals surface area contributed by atoms with Crippen LogP contribution < -0.4 is 21.5 Å². The van der Waals surface area contributed by atoms with Crippen LogP contribution in [0.5, 0.6) is 0 Å². The first-order valence-electron chi connectivity index (χ1n) is 10.2. The molecule has 3 aromatic rings. The summed E-state index contributed by atoms with van der Waals surface area (Å²) in [6, 6.07) is 7.46. The maximum Gasteiger partial charge on any atom is 0.272 e. The van der Waals surface area contributed by atoms with Gasteiger partial charge in [-0.15, -0.1) is 0 Å². The van der Waals surface area contributed by atoms with Crippen molar-refractivity contribution >= 4 is 22.5 Å². The average Bonchev–Trinajstić information content (AvgIpc) is 3.45. The Labute approximate surface area is 172 Å². The summed E-state index contributed by atoms with van der Waals surface area (Å²) in [5.41, 5.74) is -0.212. The standard InChI is InChI=1S/C20H25N7O3/c28-16(8-9-17-24-19(27-30-17)15-7-3-10-21-15)22-11-4-12-23-18-13-5-1-2-6-14(13)20(29)26-25-18/h1-2,5-6,15,21H,3-4,7-12H2,(H,22,28)(H,23,25)(H,26,29). The Kier molecular flexibility index (Phi) is 6.33. The SMILES string of the molecule is O=C(CCc1nc(C2CCCN2)no1)NCCCNc1n[nH]c(=O)c2ccccc12. The van der Waals surface area contributed by atoms with Crippen molar-refractivity contribution in [3.8, 4) is 0 Å². The number of fused-ring (bicyclic) bond motifs is 1. The second-order valence-electron chi connectivity index (χ2n) is 7.27. The molecule has 1 aromatic carbocycles. The lowest BCUT2D eigenvalue weighted by atomic mass is 10.2. The van der Waals surface area contributed by atoms with Crippen molar-refractivity contribution < 1.29 is 9.32 Å². The molecular weight excluding hydrogens is 386 g/mol. The van der Waals surface area contributed by atoms with Crippen molar-refractivity contribution in [2.45, 2.75) is 38.1 Å². The number of aromatic nitrogens is 4. The minimum absolute atomic E-state index is 0.0543. The van der Waals surface area contributed by atoms with Gasteiger partial charge in [-0.3, -0.25) is 9.59 Å². The van der Waals surface area contributed by atoms with E-state index in [4.69, 9.17) is 4.52 Å². The molecule has 0 saturated carbocycles. The lowest BCUT2D eigenvalue weighted by molar-refractivity contribution is -0.121. The van der Waals surface area contributed by atoms with Gasteiger partial charge in [-0.2, -0.15) is 10.1 Å². The molecule has 1 saturated heterocycles. The minimum Gasteiger partial charge on any atom is -0.368 e. The zero-order valence-electron chi connectivity index (χ0n) is 16.6. The van der Waals surface area contributed by atoms with E-state index in [9.17, 15) is 9.59 Å². The maximum atomic E-state index is 12.0. The van der Waals surface area contributed by atoms with Gasteiger partial charge in [-0.05, 0) is 31.9 Å². The van der Waals surface area contributed by atoms with Crippen molar-refractivity contribution in [2.75, 3.05) is 25.0 Å². The fourth-order valence-corrected chi connectivity index (χ4v) is 3.50. The number of aromatic amines is 1. The van der Waals surface area contributed by atoms with Crippen LogP contribution >= 0.6 is 0 Å². The number of carbonyl (C=O) groups excluding carboxylic acids is 1. The molecule has 4 N–H and O–H groups in total. The predicted octanol–water partition coefficient (Wildman–Crippen LogP) is 1.28. The van der Waals surface area contributed by atoms with Crippen LogP contribution in [-0.2, 0) is 11.2 Å².